The van der Waals surface area contributed by atoms with E-state index in [9.17, 15) is 0 Å². The Bertz CT molecular complexity index is 442. The van der Waals surface area contributed by atoms with Crippen LogP contribution in [-0.4, -0.2) is 16.5 Å². The lowest BCUT2D eigenvalue weighted by molar-refractivity contribution is 1.00. The number of nitrogens with two attached hydrogens (primary N) is 1. The smallest absolute Gasteiger partial charge is 0.168 e. The molecule has 0 bridgehead atoms. The third-order valence-corrected chi connectivity index (χ3v) is 2.28. The summed E-state index contributed by atoms with van der Waals surface area (Å²) >= 11 is 0. The molecule has 1 aromatic heterocycles. The predicted octanol–water partition coefficient (Wildman–Crippen LogP) is 1.71. The number of nitrogens with zero attached hydrogens (tertiary/aromatic N) is 2. The SMILES string of the molecule is Nc1nccnc1NCCc1ccccc1. The standard InChI is InChI=1S/C12H14N4/c13-11-12(16-9-8-14-11)15-7-6-10-4-2-1-3-5-10/h1-5,8-9H,6-7H2,(H2,13,14)(H,15,16). The van der Waals surface area contributed by atoms with E-state index in [-0.39, 0.29) is 0 Å². The first-order valence-electron chi connectivity index (χ1n) is 5.20. The molecule has 4 heteroatoms. The summed E-state index contributed by atoms with van der Waals surface area (Å²) in [6.07, 6.45) is 4.15. The normalized spacial score (nSPS) is 10.0. The maximum absolute atomic E-state index is 5.66. The van der Waals surface area contributed by atoms with E-state index in [1.165, 1.54) is 5.56 Å². The molecule has 1 heterocycles. The van der Waals surface area contributed by atoms with Gasteiger partial charge in [-0.25, -0.2) is 9.97 Å². The van der Waals surface area contributed by atoms with Crippen molar-refractivity contribution in [3.05, 3.63) is 48.3 Å². The van der Waals surface area contributed by atoms with E-state index in [4.69, 9.17) is 5.73 Å². The molecule has 0 fully saturated rings. The highest BCUT2D eigenvalue weighted by Gasteiger charge is 1.99. The molecule has 2 rings (SSSR count). The van der Waals surface area contributed by atoms with E-state index in [1.54, 1.807) is 12.4 Å². The fraction of sp³-hybridized carbons (Fsp3) is 0.167. The van der Waals surface area contributed by atoms with E-state index in [2.05, 4.69) is 27.4 Å². The average Bonchev–Trinajstić information content (AvgIpc) is 2.33. The van der Waals surface area contributed by atoms with Crippen LogP contribution in [0.25, 0.3) is 0 Å². The Kier molecular flexibility index (Phi) is 3.33. The summed E-state index contributed by atoms with van der Waals surface area (Å²) < 4.78 is 0. The molecule has 0 aliphatic heterocycles. The Morgan fingerprint density at radius 3 is 2.56 bits per heavy atom. The van der Waals surface area contributed by atoms with Crippen LogP contribution in [0, 0.1) is 0 Å². The van der Waals surface area contributed by atoms with Crippen molar-refractivity contribution in [3.63, 3.8) is 0 Å². The first-order chi connectivity index (χ1) is 7.86. The number of benzene rings is 1. The van der Waals surface area contributed by atoms with Crippen LogP contribution in [0.2, 0.25) is 0 Å². The van der Waals surface area contributed by atoms with E-state index in [1.807, 2.05) is 18.2 Å². The summed E-state index contributed by atoms with van der Waals surface area (Å²) in [4.78, 5) is 8.07. The fourth-order valence-corrected chi connectivity index (χ4v) is 1.45. The van der Waals surface area contributed by atoms with Crippen LogP contribution in [-0.2, 0) is 6.42 Å². The van der Waals surface area contributed by atoms with E-state index in [0.29, 0.717) is 11.6 Å². The fourth-order valence-electron chi connectivity index (χ4n) is 1.45. The minimum atomic E-state index is 0.440. The number of rotatable bonds is 4. The highest BCUT2D eigenvalue weighted by Crippen LogP contribution is 2.09. The summed E-state index contributed by atoms with van der Waals surface area (Å²) in [6.45, 7) is 0.799. The summed E-state index contributed by atoms with van der Waals surface area (Å²) in [7, 11) is 0. The minimum Gasteiger partial charge on any atom is -0.381 e. The lowest BCUT2D eigenvalue weighted by Crippen LogP contribution is -2.09. The minimum absolute atomic E-state index is 0.440. The molecule has 16 heavy (non-hydrogen) atoms. The third kappa shape index (κ3) is 2.70. The van der Waals surface area contributed by atoms with E-state index >= 15 is 0 Å². The van der Waals surface area contributed by atoms with Crippen LogP contribution in [0.5, 0.6) is 0 Å². The molecule has 0 radical (unpaired) electrons. The summed E-state index contributed by atoms with van der Waals surface area (Å²) in [5, 5.41) is 3.16. The van der Waals surface area contributed by atoms with Crippen LogP contribution in [0.3, 0.4) is 0 Å². The zero-order valence-electron chi connectivity index (χ0n) is 8.93. The van der Waals surface area contributed by atoms with Gasteiger partial charge in [0.1, 0.15) is 0 Å². The summed E-state index contributed by atoms with van der Waals surface area (Å²) in [5.41, 5.74) is 6.95. The van der Waals surface area contributed by atoms with Gasteiger partial charge >= 0.3 is 0 Å². The first-order valence-corrected chi connectivity index (χ1v) is 5.20. The molecule has 0 amide bonds. The lowest BCUT2D eigenvalue weighted by atomic mass is 10.1. The van der Waals surface area contributed by atoms with Crippen molar-refractivity contribution >= 4 is 11.6 Å². The molecule has 1 aromatic carbocycles. The predicted molar refractivity (Wildman–Crippen MR) is 65.1 cm³/mol. The van der Waals surface area contributed by atoms with Crippen molar-refractivity contribution in [3.8, 4) is 0 Å². The maximum atomic E-state index is 5.66. The van der Waals surface area contributed by atoms with Crippen molar-refractivity contribution in [2.75, 3.05) is 17.6 Å². The number of nitrogen functional groups attached to an aromatic ring is 1. The Morgan fingerprint density at radius 2 is 1.81 bits per heavy atom. The van der Waals surface area contributed by atoms with Crippen LogP contribution in [0.4, 0.5) is 11.6 Å². The van der Waals surface area contributed by atoms with Crippen LogP contribution < -0.4 is 11.1 Å². The van der Waals surface area contributed by atoms with Gasteiger partial charge in [0.25, 0.3) is 0 Å². The van der Waals surface area contributed by atoms with Gasteiger partial charge in [-0.3, -0.25) is 0 Å². The zero-order chi connectivity index (χ0) is 11.2. The van der Waals surface area contributed by atoms with Gasteiger partial charge in [-0.1, -0.05) is 30.3 Å². The third-order valence-electron chi connectivity index (χ3n) is 2.28. The molecule has 3 N–H and O–H groups in total. The molecule has 0 saturated heterocycles. The number of aromatic nitrogens is 2. The van der Waals surface area contributed by atoms with Crippen molar-refractivity contribution in [2.45, 2.75) is 6.42 Å². The lowest BCUT2D eigenvalue weighted by Gasteiger charge is -2.06. The van der Waals surface area contributed by atoms with Crippen molar-refractivity contribution < 1.29 is 0 Å². The number of anilines is 2. The quantitative estimate of drug-likeness (QED) is 0.813. The van der Waals surface area contributed by atoms with Gasteiger partial charge in [-0.15, -0.1) is 0 Å². The van der Waals surface area contributed by atoms with E-state index < -0.39 is 0 Å². The monoisotopic (exact) mass is 214 g/mol. The van der Waals surface area contributed by atoms with Crippen LogP contribution in [0.15, 0.2) is 42.7 Å². The Balaban J connectivity index is 1.87. The Morgan fingerprint density at radius 1 is 1.06 bits per heavy atom. The molecular formula is C12H14N4. The van der Waals surface area contributed by atoms with Gasteiger partial charge in [0.2, 0.25) is 0 Å². The number of nitrogens with one attached hydrogen (secondary N) is 1. The molecule has 0 aliphatic rings. The van der Waals surface area contributed by atoms with Gasteiger partial charge in [0.05, 0.1) is 0 Å². The van der Waals surface area contributed by atoms with Gasteiger partial charge in [-0.05, 0) is 12.0 Å². The molecule has 0 unspecified atom stereocenters. The van der Waals surface area contributed by atoms with Crippen molar-refractivity contribution in [2.24, 2.45) is 0 Å². The second kappa shape index (κ2) is 5.11. The second-order valence-corrected chi connectivity index (χ2v) is 3.45. The van der Waals surface area contributed by atoms with Gasteiger partial charge in [0.15, 0.2) is 11.6 Å². The summed E-state index contributed by atoms with van der Waals surface area (Å²) in [6, 6.07) is 10.3. The largest absolute Gasteiger partial charge is 0.381 e. The highest BCUT2D eigenvalue weighted by atomic mass is 15.0. The maximum Gasteiger partial charge on any atom is 0.168 e. The van der Waals surface area contributed by atoms with Gasteiger partial charge < -0.3 is 11.1 Å². The van der Waals surface area contributed by atoms with Crippen LogP contribution in [0.1, 0.15) is 5.56 Å². The molecule has 0 saturated carbocycles. The van der Waals surface area contributed by atoms with Gasteiger partial charge in [-0.2, -0.15) is 0 Å². The molecule has 0 atom stereocenters. The van der Waals surface area contributed by atoms with Crippen molar-refractivity contribution in [1.82, 2.24) is 9.97 Å². The van der Waals surface area contributed by atoms with E-state index in [0.717, 1.165) is 13.0 Å². The molecule has 0 aliphatic carbocycles. The average molecular weight is 214 g/mol. The molecule has 4 nitrogen and oxygen atoms in total. The number of hydrogen-bond donors (Lipinski definition) is 2. The van der Waals surface area contributed by atoms with Crippen molar-refractivity contribution in [1.29, 1.82) is 0 Å². The Hall–Kier alpha value is -2.10. The molecular weight excluding hydrogens is 200 g/mol. The first kappa shape index (κ1) is 10.4. The van der Waals surface area contributed by atoms with Crippen LogP contribution >= 0.6 is 0 Å². The Labute approximate surface area is 94.5 Å². The zero-order valence-corrected chi connectivity index (χ0v) is 8.93. The molecule has 82 valence electrons. The number of hydrogen-bond acceptors (Lipinski definition) is 4. The highest BCUT2D eigenvalue weighted by molar-refractivity contribution is 5.54. The van der Waals surface area contributed by atoms with Gasteiger partial charge in [0, 0.05) is 18.9 Å². The summed E-state index contributed by atoms with van der Waals surface area (Å²) in [5.74, 6) is 1.09. The second-order valence-electron chi connectivity index (χ2n) is 3.45. The topological polar surface area (TPSA) is 63.8 Å². The molecule has 2 aromatic rings. The molecule has 0 spiro atoms.